The van der Waals surface area contributed by atoms with Crippen molar-refractivity contribution in [1.29, 1.82) is 0 Å². The quantitative estimate of drug-likeness (QED) is 0.454. The molecule has 32 valence electrons. The standard InChI is InChI=1S/C4H4N2.Ca/c1-2-5-4-6-3-1;/h1-4H;. The molecule has 0 saturated carbocycles. The Morgan fingerprint density at radius 3 is 1.71 bits per heavy atom. The summed E-state index contributed by atoms with van der Waals surface area (Å²) in [5, 5.41) is 0. The van der Waals surface area contributed by atoms with E-state index in [4.69, 9.17) is 0 Å². The van der Waals surface area contributed by atoms with Crippen LogP contribution in [0.5, 0.6) is 0 Å². The summed E-state index contributed by atoms with van der Waals surface area (Å²) in [6.07, 6.45) is 4.88. The molecule has 0 spiro atoms. The normalized spacial score (nSPS) is 6.86. The zero-order chi connectivity index (χ0) is 4.24. The summed E-state index contributed by atoms with van der Waals surface area (Å²) in [7, 11) is 0. The van der Waals surface area contributed by atoms with Crippen molar-refractivity contribution in [2.24, 2.45) is 0 Å². The number of hydrogen-bond acceptors (Lipinski definition) is 2. The van der Waals surface area contributed by atoms with Gasteiger partial charge in [-0.3, -0.25) is 0 Å². The molecule has 0 atom stereocenters. The molecule has 0 bridgehead atoms. The van der Waals surface area contributed by atoms with Crippen molar-refractivity contribution in [3.8, 4) is 0 Å². The van der Waals surface area contributed by atoms with Gasteiger partial charge in [-0.2, -0.15) is 0 Å². The summed E-state index contributed by atoms with van der Waals surface area (Å²) in [5.74, 6) is 0. The molecular formula is C4H4CaN2. The van der Waals surface area contributed by atoms with Crippen LogP contribution in [0.4, 0.5) is 0 Å². The Balaban J connectivity index is 0.000000360. The van der Waals surface area contributed by atoms with E-state index < -0.39 is 0 Å². The van der Waals surface area contributed by atoms with Crippen LogP contribution in [0, 0.1) is 0 Å². The van der Waals surface area contributed by atoms with Gasteiger partial charge in [0.15, 0.2) is 0 Å². The van der Waals surface area contributed by atoms with Crippen LogP contribution in [0.2, 0.25) is 0 Å². The Morgan fingerprint density at radius 2 is 1.57 bits per heavy atom. The van der Waals surface area contributed by atoms with Gasteiger partial charge in [0.2, 0.25) is 0 Å². The topological polar surface area (TPSA) is 25.8 Å². The Morgan fingerprint density at radius 1 is 1.00 bits per heavy atom. The maximum absolute atomic E-state index is 3.67. The van der Waals surface area contributed by atoms with Crippen molar-refractivity contribution in [1.82, 2.24) is 9.97 Å². The molecule has 0 aliphatic carbocycles. The van der Waals surface area contributed by atoms with E-state index in [0.29, 0.717) is 0 Å². The van der Waals surface area contributed by atoms with E-state index in [0.717, 1.165) is 0 Å². The summed E-state index contributed by atoms with van der Waals surface area (Å²) in [5.41, 5.74) is 0. The van der Waals surface area contributed by atoms with Gasteiger partial charge < -0.3 is 0 Å². The van der Waals surface area contributed by atoms with Crippen molar-refractivity contribution < 1.29 is 0 Å². The largest absolute Gasteiger partial charge is 0.245 e. The smallest absolute Gasteiger partial charge is 0.115 e. The Labute approximate surface area is 72.0 Å². The van der Waals surface area contributed by atoms with Crippen molar-refractivity contribution in [2.45, 2.75) is 0 Å². The average Bonchev–Trinajstić information content (AvgIpc) is 1.72. The van der Waals surface area contributed by atoms with E-state index >= 15 is 0 Å². The van der Waals surface area contributed by atoms with E-state index in [-0.39, 0.29) is 37.7 Å². The molecule has 0 amide bonds. The van der Waals surface area contributed by atoms with Crippen LogP contribution in [0.3, 0.4) is 0 Å². The first-order valence-electron chi connectivity index (χ1n) is 1.70. The van der Waals surface area contributed by atoms with E-state index in [2.05, 4.69) is 9.97 Å². The van der Waals surface area contributed by atoms with E-state index in [1.807, 2.05) is 0 Å². The minimum Gasteiger partial charge on any atom is -0.245 e. The van der Waals surface area contributed by atoms with Gasteiger partial charge in [0.1, 0.15) is 6.33 Å². The first-order valence-corrected chi connectivity index (χ1v) is 1.70. The van der Waals surface area contributed by atoms with Gasteiger partial charge in [-0.05, 0) is 6.07 Å². The molecule has 1 aromatic rings. The molecule has 0 unspecified atom stereocenters. The van der Waals surface area contributed by atoms with Crippen LogP contribution < -0.4 is 0 Å². The molecule has 2 nitrogen and oxygen atoms in total. The molecule has 0 aromatic carbocycles. The van der Waals surface area contributed by atoms with Gasteiger partial charge in [0, 0.05) is 50.1 Å². The van der Waals surface area contributed by atoms with Crippen LogP contribution in [0.1, 0.15) is 0 Å². The van der Waals surface area contributed by atoms with E-state index in [1.54, 1.807) is 18.5 Å². The van der Waals surface area contributed by atoms with Gasteiger partial charge in [-0.15, -0.1) is 0 Å². The van der Waals surface area contributed by atoms with Gasteiger partial charge in [0.25, 0.3) is 0 Å². The summed E-state index contributed by atoms with van der Waals surface area (Å²) in [6.45, 7) is 0. The van der Waals surface area contributed by atoms with Gasteiger partial charge in [-0.1, -0.05) is 0 Å². The SMILES string of the molecule is [Ca].c1cncnc1. The minimum atomic E-state index is 0. The van der Waals surface area contributed by atoms with Crippen molar-refractivity contribution >= 4 is 37.7 Å². The molecule has 1 heterocycles. The van der Waals surface area contributed by atoms with Gasteiger partial charge >= 0.3 is 0 Å². The molecule has 3 heteroatoms. The molecule has 0 aliphatic heterocycles. The van der Waals surface area contributed by atoms with Gasteiger partial charge in [-0.25, -0.2) is 9.97 Å². The number of aromatic nitrogens is 2. The molecule has 0 fully saturated rings. The molecule has 1 rings (SSSR count). The second-order valence-corrected chi connectivity index (χ2v) is 0.904. The Kier molecular flexibility index (Phi) is 4.72. The second-order valence-electron chi connectivity index (χ2n) is 0.904. The average molecular weight is 120 g/mol. The third-order valence-corrected chi connectivity index (χ3v) is 0.478. The van der Waals surface area contributed by atoms with Crippen LogP contribution in [0.25, 0.3) is 0 Å². The van der Waals surface area contributed by atoms with Crippen molar-refractivity contribution in [2.75, 3.05) is 0 Å². The molecule has 7 heavy (non-hydrogen) atoms. The monoisotopic (exact) mass is 120 g/mol. The summed E-state index contributed by atoms with van der Waals surface area (Å²) in [4.78, 5) is 7.35. The third-order valence-electron chi connectivity index (χ3n) is 0.478. The predicted octanol–water partition coefficient (Wildman–Crippen LogP) is 0.0958. The maximum atomic E-state index is 3.67. The van der Waals surface area contributed by atoms with Crippen LogP contribution in [0.15, 0.2) is 24.8 Å². The fourth-order valence-corrected chi connectivity index (χ4v) is 0.253. The molecule has 0 aliphatic rings. The van der Waals surface area contributed by atoms with Crippen LogP contribution in [-0.4, -0.2) is 47.7 Å². The molecular weight excluding hydrogens is 116 g/mol. The maximum Gasteiger partial charge on any atom is 0.115 e. The minimum absolute atomic E-state index is 0. The molecule has 2 radical (unpaired) electrons. The number of rotatable bonds is 0. The summed E-state index contributed by atoms with van der Waals surface area (Å²) in [6, 6.07) is 1.78. The Bertz CT molecular complexity index is 81.6. The fourth-order valence-electron chi connectivity index (χ4n) is 0.253. The number of hydrogen-bond donors (Lipinski definition) is 0. The van der Waals surface area contributed by atoms with Crippen LogP contribution in [-0.2, 0) is 0 Å². The predicted molar refractivity (Wildman–Crippen MR) is 27.8 cm³/mol. The fraction of sp³-hybridized carbons (Fsp3) is 0. The first kappa shape index (κ1) is 7.34. The molecule has 0 saturated heterocycles. The summed E-state index contributed by atoms with van der Waals surface area (Å²) >= 11 is 0. The van der Waals surface area contributed by atoms with Crippen LogP contribution >= 0.6 is 0 Å². The number of nitrogens with zero attached hydrogens (tertiary/aromatic N) is 2. The van der Waals surface area contributed by atoms with E-state index in [9.17, 15) is 0 Å². The van der Waals surface area contributed by atoms with Crippen molar-refractivity contribution in [3.05, 3.63) is 24.8 Å². The summed E-state index contributed by atoms with van der Waals surface area (Å²) < 4.78 is 0. The zero-order valence-corrected chi connectivity index (χ0v) is 6.12. The first-order chi connectivity index (χ1) is 3.00. The van der Waals surface area contributed by atoms with Crippen molar-refractivity contribution in [3.63, 3.8) is 0 Å². The molecule has 0 N–H and O–H groups in total. The zero-order valence-electron chi connectivity index (χ0n) is 3.91. The third kappa shape index (κ3) is 2.97. The molecule has 1 aromatic heterocycles. The van der Waals surface area contributed by atoms with Gasteiger partial charge in [0.05, 0.1) is 0 Å². The Hall–Kier alpha value is 0.340. The second kappa shape index (κ2) is 4.50. The van der Waals surface area contributed by atoms with E-state index in [1.165, 1.54) is 6.33 Å².